The van der Waals surface area contributed by atoms with Crippen molar-refractivity contribution in [1.29, 1.82) is 0 Å². The molecule has 0 spiro atoms. The molecule has 1 aromatic rings. The van der Waals surface area contributed by atoms with Gasteiger partial charge < -0.3 is 5.32 Å². The zero-order valence-electron chi connectivity index (χ0n) is 12.2. The molecular formula is C14H23N3O2S. The summed E-state index contributed by atoms with van der Waals surface area (Å²) < 4.78 is 27.4. The van der Waals surface area contributed by atoms with E-state index >= 15 is 0 Å². The normalized spacial score (nSPS) is 21.4. The molecule has 20 heavy (non-hydrogen) atoms. The lowest BCUT2D eigenvalue weighted by Crippen LogP contribution is -2.38. The number of aromatic nitrogens is 1. The first-order valence-corrected chi connectivity index (χ1v) is 8.72. The summed E-state index contributed by atoms with van der Waals surface area (Å²) in [5.41, 5.74) is 0. The van der Waals surface area contributed by atoms with E-state index in [-0.39, 0.29) is 10.9 Å². The van der Waals surface area contributed by atoms with Crippen molar-refractivity contribution in [3.63, 3.8) is 0 Å². The molecular weight excluding hydrogens is 274 g/mol. The molecule has 6 heteroatoms. The molecule has 1 saturated heterocycles. The smallest absolute Gasteiger partial charge is 0.246 e. The van der Waals surface area contributed by atoms with E-state index in [1.54, 1.807) is 22.6 Å². The first kappa shape index (κ1) is 15.3. The van der Waals surface area contributed by atoms with Gasteiger partial charge in [0, 0.05) is 25.3 Å². The van der Waals surface area contributed by atoms with Crippen molar-refractivity contribution in [2.45, 2.75) is 50.5 Å². The first-order valence-electron chi connectivity index (χ1n) is 7.28. The van der Waals surface area contributed by atoms with Gasteiger partial charge in [-0.3, -0.25) is 0 Å². The molecule has 0 aromatic carbocycles. The summed E-state index contributed by atoms with van der Waals surface area (Å²) in [6, 6.07) is 3.37. The Bertz CT molecular complexity index is 545. The van der Waals surface area contributed by atoms with Crippen LogP contribution in [0, 0.1) is 0 Å². The van der Waals surface area contributed by atoms with E-state index in [2.05, 4.69) is 10.3 Å². The van der Waals surface area contributed by atoms with Gasteiger partial charge in [-0.1, -0.05) is 12.8 Å². The van der Waals surface area contributed by atoms with E-state index in [1.165, 1.54) is 0 Å². The highest BCUT2D eigenvalue weighted by Crippen LogP contribution is 2.27. The molecule has 2 rings (SSSR count). The Labute approximate surface area is 121 Å². The van der Waals surface area contributed by atoms with Crippen LogP contribution >= 0.6 is 0 Å². The third kappa shape index (κ3) is 3.12. The van der Waals surface area contributed by atoms with Gasteiger partial charge in [-0.15, -0.1) is 0 Å². The minimum absolute atomic E-state index is 0.0529. The van der Waals surface area contributed by atoms with Gasteiger partial charge in [-0.25, -0.2) is 13.4 Å². The molecule has 1 aliphatic rings. The van der Waals surface area contributed by atoms with Crippen molar-refractivity contribution in [2.24, 2.45) is 0 Å². The van der Waals surface area contributed by atoms with Gasteiger partial charge in [-0.2, -0.15) is 4.31 Å². The molecule has 0 amide bonds. The molecule has 1 atom stereocenters. The molecule has 0 radical (unpaired) electrons. The molecule has 5 nitrogen and oxygen atoms in total. The molecule has 0 aliphatic carbocycles. The van der Waals surface area contributed by atoms with Crippen molar-refractivity contribution in [3.8, 4) is 0 Å². The lowest BCUT2D eigenvalue weighted by Gasteiger charge is -2.27. The van der Waals surface area contributed by atoms with Crippen molar-refractivity contribution < 1.29 is 8.42 Å². The largest absolute Gasteiger partial charge is 0.369 e. The average Bonchev–Trinajstić information content (AvgIpc) is 2.64. The van der Waals surface area contributed by atoms with Gasteiger partial charge in [0.1, 0.15) is 10.7 Å². The first-order chi connectivity index (χ1) is 9.57. The summed E-state index contributed by atoms with van der Waals surface area (Å²) in [5.74, 6) is 0.450. The van der Waals surface area contributed by atoms with Gasteiger partial charge in [0.2, 0.25) is 10.0 Å². The summed E-state index contributed by atoms with van der Waals surface area (Å²) in [6.07, 6.45) is 5.67. The molecule has 112 valence electrons. The number of nitrogens with one attached hydrogen (secondary N) is 1. The number of hydrogen-bond acceptors (Lipinski definition) is 4. The SMILES string of the molecule is CCNc1ncccc1S(=O)(=O)N1CCCCCC1C. The Morgan fingerprint density at radius 1 is 1.40 bits per heavy atom. The highest BCUT2D eigenvalue weighted by molar-refractivity contribution is 7.89. The minimum Gasteiger partial charge on any atom is -0.369 e. The number of pyridine rings is 1. The molecule has 1 aromatic heterocycles. The zero-order valence-corrected chi connectivity index (χ0v) is 13.0. The molecule has 1 fully saturated rings. The number of hydrogen-bond donors (Lipinski definition) is 1. The van der Waals surface area contributed by atoms with Crippen LogP contribution in [0.15, 0.2) is 23.2 Å². The van der Waals surface area contributed by atoms with Crippen molar-refractivity contribution in [3.05, 3.63) is 18.3 Å². The van der Waals surface area contributed by atoms with Gasteiger partial charge in [0.05, 0.1) is 0 Å². The van der Waals surface area contributed by atoms with Gasteiger partial charge in [-0.05, 0) is 38.8 Å². The number of nitrogens with zero attached hydrogens (tertiary/aromatic N) is 2. The second-order valence-corrected chi connectivity index (χ2v) is 7.05. The Balaban J connectivity index is 2.38. The highest BCUT2D eigenvalue weighted by atomic mass is 32.2. The molecule has 0 saturated carbocycles. The van der Waals surface area contributed by atoms with E-state index in [9.17, 15) is 8.42 Å². The maximum atomic E-state index is 12.9. The quantitative estimate of drug-likeness (QED) is 0.927. The third-order valence-corrected chi connectivity index (χ3v) is 5.74. The monoisotopic (exact) mass is 297 g/mol. The number of anilines is 1. The van der Waals surface area contributed by atoms with Gasteiger partial charge in [0.25, 0.3) is 0 Å². The van der Waals surface area contributed by atoms with Crippen LogP contribution in [0.4, 0.5) is 5.82 Å². The second-order valence-electron chi connectivity index (χ2n) is 5.19. The van der Waals surface area contributed by atoms with Crippen LogP contribution in [0.1, 0.15) is 39.5 Å². The topological polar surface area (TPSA) is 62.3 Å². The molecule has 1 unspecified atom stereocenters. The van der Waals surface area contributed by atoms with Crippen LogP contribution in [0.5, 0.6) is 0 Å². The second kappa shape index (κ2) is 6.54. The van der Waals surface area contributed by atoms with Crippen molar-refractivity contribution in [2.75, 3.05) is 18.4 Å². The number of sulfonamides is 1. The Hall–Kier alpha value is -1.14. The molecule has 1 aliphatic heterocycles. The Morgan fingerprint density at radius 2 is 2.20 bits per heavy atom. The summed E-state index contributed by atoms with van der Waals surface area (Å²) >= 11 is 0. The predicted molar refractivity (Wildman–Crippen MR) is 80.2 cm³/mol. The Kier molecular flexibility index (Phi) is 4.99. The fourth-order valence-electron chi connectivity index (χ4n) is 2.63. The summed E-state index contributed by atoms with van der Waals surface area (Å²) in [7, 11) is -3.48. The Morgan fingerprint density at radius 3 is 2.95 bits per heavy atom. The molecule has 1 N–H and O–H groups in total. The molecule has 0 bridgehead atoms. The minimum atomic E-state index is -3.48. The summed E-state index contributed by atoms with van der Waals surface area (Å²) in [6.45, 7) is 5.17. The molecule has 2 heterocycles. The van der Waals surface area contributed by atoms with E-state index in [0.29, 0.717) is 18.9 Å². The maximum absolute atomic E-state index is 12.9. The van der Waals surface area contributed by atoms with Crippen molar-refractivity contribution >= 4 is 15.8 Å². The fourth-order valence-corrected chi connectivity index (χ4v) is 4.45. The predicted octanol–water partition coefficient (Wildman–Crippen LogP) is 2.47. The summed E-state index contributed by atoms with van der Waals surface area (Å²) in [5, 5.41) is 3.03. The van der Waals surface area contributed by atoms with Gasteiger partial charge in [0.15, 0.2) is 0 Å². The van der Waals surface area contributed by atoms with Crippen LogP contribution in [-0.2, 0) is 10.0 Å². The van der Waals surface area contributed by atoms with Gasteiger partial charge >= 0.3 is 0 Å². The van der Waals surface area contributed by atoms with Crippen LogP contribution in [-0.4, -0.2) is 36.8 Å². The lowest BCUT2D eigenvalue weighted by atomic mass is 10.1. The van der Waals surface area contributed by atoms with E-state index in [1.807, 2.05) is 13.8 Å². The van der Waals surface area contributed by atoms with Crippen LogP contribution < -0.4 is 5.32 Å². The van der Waals surface area contributed by atoms with Crippen LogP contribution in [0.3, 0.4) is 0 Å². The summed E-state index contributed by atoms with van der Waals surface area (Å²) in [4.78, 5) is 4.45. The highest BCUT2D eigenvalue weighted by Gasteiger charge is 2.31. The fraction of sp³-hybridized carbons (Fsp3) is 0.643. The van der Waals surface area contributed by atoms with Crippen molar-refractivity contribution in [1.82, 2.24) is 9.29 Å². The number of rotatable bonds is 4. The lowest BCUT2D eigenvalue weighted by molar-refractivity contribution is 0.342. The van der Waals surface area contributed by atoms with E-state index in [4.69, 9.17) is 0 Å². The maximum Gasteiger partial charge on any atom is 0.246 e. The van der Waals surface area contributed by atoms with E-state index in [0.717, 1.165) is 25.7 Å². The third-order valence-electron chi connectivity index (χ3n) is 3.69. The van der Waals surface area contributed by atoms with E-state index < -0.39 is 10.0 Å². The zero-order chi connectivity index (χ0) is 14.6. The average molecular weight is 297 g/mol. The van der Waals surface area contributed by atoms with Crippen LogP contribution in [0.25, 0.3) is 0 Å². The standard InChI is InChI=1S/C14H23N3O2S/c1-3-15-14-13(9-7-10-16-14)20(18,19)17-11-6-4-5-8-12(17)2/h7,9-10,12H,3-6,8,11H2,1-2H3,(H,15,16). The van der Waals surface area contributed by atoms with Crippen LogP contribution in [0.2, 0.25) is 0 Å².